The minimum atomic E-state index is 0.0818. The average Bonchev–Trinajstić information content (AvgIpc) is 2.48. The van der Waals surface area contributed by atoms with Crippen molar-refractivity contribution in [1.29, 1.82) is 0 Å². The molecule has 1 fully saturated rings. The Bertz CT molecular complexity index is 505. The zero-order chi connectivity index (χ0) is 15.2. The van der Waals surface area contributed by atoms with Gasteiger partial charge in [0.2, 0.25) is 11.8 Å². The average molecular weight is 288 g/mol. The van der Waals surface area contributed by atoms with E-state index in [9.17, 15) is 9.59 Å². The van der Waals surface area contributed by atoms with Gasteiger partial charge >= 0.3 is 0 Å². The molecule has 4 heteroatoms. The Kier molecular flexibility index (Phi) is 5.37. The van der Waals surface area contributed by atoms with E-state index >= 15 is 0 Å². The lowest BCUT2D eigenvalue weighted by Gasteiger charge is -2.31. The van der Waals surface area contributed by atoms with Gasteiger partial charge in [0.15, 0.2) is 0 Å². The summed E-state index contributed by atoms with van der Waals surface area (Å²) >= 11 is 0. The molecule has 1 aliphatic heterocycles. The highest BCUT2D eigenvalue weighted by atomic mass is 16.2. The van der Waals surface area contributed by atoms with Crippen molar-refractivity contribution in [3.8, 4) is 0 Å². The van der Waals surface area contributed by atoms with Crippen LogP contribution >= 0.6 is 0 Å². The molecular weight excluding hydrogens is 264 g/mol. The number of likely N-dealkylation sites (tertiary alicyclic amines) is 1. The molecule has 1 N–H and O–H groups in total. The van der Waals surface area contributed by atoms with Crippen molar-refractivity contribution < 1.29 is 9.59 Å². The van der Waals surface area contributed by atoms with Gasteiger partial charge in [-0.1, -0.05) is 24.3 Å². The molecule has 0 radical (unpaired) electrons. The van der Waals surface area contributed by atoms with Crippen molar-refractivity contribution >= 4 is 11.8 Å². The highest BCUT2D eigenvalue weighted by molar-refractivity contribution is 5.78. The van der Waals surface area contributed by atoms with E-state index in [1.54, 1.807) is 6.92 Å². The number of benzene rings is 1. The number of nitrogens with zero attached hydrogens (tertiary/aromatic N) is 1. The zero-order valence-corrected chi connectivity index (χ0v) is 12.9. The summed E-state index contributed by atoms with van der Waals surface area (Å²) in [5, 5.41) is 3.03. The van der Waals surface area contributed by atoms with Crippen LogP contribution in [0.5, 0.6) is 0 Å². The normalized spacial score (nSPS) is 15.8. The van der Waals surface area contributed by atoms with Crippen LogP contribution in [0.1, 0.15) is 30.9 Å². The fourth-order valence-electron chi connectivity index (χ4n) is 2.75. The summed E-state index contributed by atoms with van der Waals surface area (Å²) in [6, 6.07) is 7.98. The first-order valence-electron chi connectivity index (χ1n) is 7.63. The molecule has 0 aliphatic carbocycles. The van der Waals surface area contributed by atoms with Crippen molar-refractivity contribution in [2.75, 3.05) is 19.6 Å². The smallest absolute Gasteiger partial charge is 0.224 e. The van der Waals surface area contributed by atoms with Crippen LogP contribution < -0.4 is 5.32 Å². The molecule has 2 amide bonds. The van der Waals surface area contributed by atoms with Gasteiger partial charge in [-0.25, -0.2) is 0 Å². The van der Waals surface area contributed by atoms with E-state index in [1.165, 1.54) is 0 Å². The van der Waals surface area contributed by atoms with Crippen LogP contribution in [-0.4, -0.2) is 36.3 Å². The topological polar surface area (TPSA) is 49.4 Å². The highest BCUT2D eigenvalue weighted by Gasteiger charge is 2.20. The second kappa shape index (κ2) is 7.25. The van der Waals surface area contributed by atoms with Crippen molar-refractivity contribution in [1.82, 2.24) is 10.2 Å². The third-order valence-corrected chi connectivity index (χ3v) is 4.26. The SMILES string of the molecule is CC(=O)N1CCC(CNC(=O)Cc2ccccc2C)CC1. The summed E-state index contributed by atoms with van der Waals surface area (Å²) in [6.45, 7) is 5.99. The Morgan fingerprint density at radius 1 is 1.24 bits per heavy atom. The summed E-state index contributed by atoms with van der Waals surface area (Å²) in [7, 11) is 0. The predicted molar refractivity (Wildman–Crippen MR) is 82.9 cm³/mol. The van der Waals surface area contributed by atoms with Gasteiger partial charge in [-0.15, -0.1) is 0 Å². The number of hydrogen-bond acceptors (Lipinski definition) is 2. The minimum absolute atomic E-state index is 0.0818. The van der Waals surface area contributed by atoms with Crippen LogP contribution in [0.25, 0.3) is 0 Å². The number of amides is 2. The van der Waals surface area contributed by atoms with Crippen molar-refractivity contribution in [3.05, 3.63) is 35.4 Å². The Hall–Kier alpha value is -1.84. The second-order valence-corrected chi connectivity index (χ2v) is 5.86. The predicted octanol–water partition coefficient (Wildman–Crippen LogP) is 1.91. The first-order chi connectivity index (χ1) is 10.1. The molecule has 114 valence electrons. The van der Waals surface area contributed by atoms with Gasteiger partial charge in [0.05, 0.1) is 6.42 Å². The summed E-state index contributed by atoms with van der Waals surface area (Å²) < 4.78 is 0. The molecule has 0 saturated carbocycles. The van der Waals surface area contributed by atoms with E-state index in [2.05, 4.69) is 5.32 Å². The first kappa shape index (κ1) is 15.5. The highest BCUT2D eigenvalue weighted by Crippen LogP contribution is 2.16. The van der Waals surface area contributed by atoms with Gasteiger partial charge in [0.1, 0.15) is 0 Å². The molecular formula is C17H24N2O2. The van der Waals surface area contributed by atoms with E-state index in [0.29, 0.717) is 12.3 Å². The van der Waals surface area contributed by atoms with Crippen LogP contribution in [0, 0.1) is 12.8 Å². The molecule has 1 saturated heterocycles. The van der Waals surface area contributed by atoms with Gasteiger partial charge < -0.3 is 10.2 Å². The van der Waals surface area contributed by atoms with Gasteiger partial charge in [-0.05, 0) is 36.8 Å². The van der Waals surface area contributed by atoms with Crippen LogP contribution in [0.3, 0.4) is 0 Å². The summed E-state index contributed by atoms with van der Waals surface area (Å²) in [5.41, 5.74) is 2.24. The number of nitrogens with one attached hydrogen (secondary N) is 1. The quantitative estimate of drug-likeness (QED) is 0.920. The fraction of sp³-hybridized carbons (Fsp3) is 0.529. The van der Waals surface area contributed by atoms with Crippen molar-refractivity contribution in [3.63, 3.8) is 0 Å². The van der Waals surface area contributed by atoms with Crippen LogP contribution in [0.2, 0.25) is 0 Å². The standard InChI is InChI=1S/C17H24N2O2/c1-13-5-3-4-6-16(13)11-17(21)18-12-15-7-9-19(10-8-15)14(2)20/h3-6,15H,7-12H2,1-2H3,(H,18,21). The van der Waals surface area contributed by atoms with E-state index in [0.717, 1.165) is 43.6 Å². The van der Waals surface area contributed by atoms with Crippen LogP contribution in [0.15, 0.2) is 24.3 Å². The monoisotopic (exact) mass is 288 g/mol. The maximum absolute atomic E-state index is 12.0. The van der Waals surface area contributed by atoms with E-state index in [1.807, 2.05) is 36.1 Å². The molecule has 4 nitrogen and oxygen atoms in total. The Labute approximate surface area is 126 Å². The first-order valence-corrected chi connectivity index (χ1v) is 7.63. The third kappa shape index (κ3) is 4.59. The zero-order valence-electron chi connectivity index (χ0n) is 12.9. The maximum Gasteiger partial charge on any atom is 0.224 e. The van der Waals surface area contributed by atoms with E-state index in [4.69, 9.17) is 0 Å². The van der Waals surface area contributed by atoms with Gasteiger partial charge in [-0.3, -0.25) is 9.59 Å². The third-order valence-electron chi connectivity index (χ3n) is 4.26. The molecule has 0 unspecified atom stereocenters. The Morgan fingerprint density at radius 2 is 1.90 bits per heavy atom. The molecule has 1 aliphatic rings. The molecule has 0 spiro atoms. The molecule has 0 bridgehead atoms. The number of aryl methyl sites for hydroxylation is 1. The maximum atomic E-state index is 12.0. The number of hydrogen-bond donors (Lipinski definition) is 1. The molecule has 0 atom stereocenters. The lowest BCUT2D eigenvalue weighted by molar-refractivity contribution is -0.130. The molecule has 21 heavy (non-hydrogen) atoms. The van der Waals surface area contributed by atoms with E-state index < -0.39 is 0 Å². The largest absolute Gasteiger partial charge is 0.356 e. The van der Waals surface area contributed by atoms with Crippen LogP contribution in [-0.2, 0) is 16.0 Å². The molecule has 0 aromatic heterocycles. The van der Waals surface area contributed by atoms with Gasteiger partial charge in [0, 0.05) is 26.6 Å². The Morgan fingerprint density at radius 3 is 2.52 bits per heavy atom. The summed E-state index contributed by atoms with van der Waals surface area (Å²) in [5.74, 6) is 0.719. The van der Waals surface area contributed by atoms with Gasteiger partial charge in [-0.2, -0.15) is 0 Å². The lowest BCUT2D eigenvalue weighted by atomic mass is 9.96. The number of carbonyl (C=O) groups is 2. The van der Waals surface area contributed by atoms with Gasteiger partial charge in [0.25, 0.3) is 0 Å². The van der Waals surface area contributed by atoms with E-state index in [-0.39, 0.29) is 11.8 Å². The van der Waals surface area contributed by atoms with Crippen molar-refractivity contribution in [2.24, 2.45) is 5.92 Å². The molecule has 2 rings (SSSR count). The number of rotatable bonds is 4. The molecule has 1 aromatic carbocycles. The summed E-state index contributed by atoms with van der Waals surface area (Å²) in [6.07, 6.45) is 2.40. The molecule has 1 heterocycles. The van der Waals surface area contributed by atoms with Crippen molar-refractivity contribution in [2.45, 2.75) is 33.1 Å². The minimum Gasteiger partial charge on any atom is -0.356 e. The second-order valence-electron chi connectivity index (χ2n) is 5.86. The number of carbonyl (C=O) groups excluding carboxylic acids is 2. The Balaban J connectivity index is 1.73. The molecule has 1 aromatic rings. The number of piperidine rings is 1. The van der Waals surface area contributed by atoms with Crippen LogP contribution in [0.4, 0.5) is 0 Å². The fourth-order valence-corrected chi connectivity index (χ4v) is 2.75. The summed E-state index contributed by atoms with van der Waals surface area (Å²) in [4.78, 5) is 25.1. The lowest BCUT2D eigenvalue weighted by Crippen LogP contribution is -2.40.